The van der Waals surface area contributed by atoms with Crippen molar-refractivity contribution in [2.45, 2.75) is 40.0 Å². The number of carbonyl (C=O) groups excluding carboxylic acids is 2. The molecule has 0 aromatic heterocycles. The first-order chi connectivity index (χ1) is 10.3. The molecule has 22 heavy (non-hydrogen) atoms. The molecular weight excluding hydrogens is 290 g/mol. The summed E-state index contributed by atoms with van der Waals surface area (Å²) in [4.78, 5) is 24.2. The normalized spacial score (nSPS) is 11.1. The van der Waals surface area contributed by atoms with E-state index in [0.717, 1.165) is 31.4 Å². The third-order valence-corrected chi connectivity index (χ3v) is 3.38. The van der Waals surface area contributed by atoms with Crippen LogP contribution in [0.3, 0.4) is 0 Å². The van der Waals surface area contributed by atoms with E-state index in [1.54, 1.807) is 0 Å². The van der Waals surface area contributed by atoms with Crippen LogP contribution in [0.15, 0.2) is 18.2 Å². The molecule has 1 aromatic rings. The second-order valence-corrected chi connectivity index (χ2v) is 5.67. The lowest BCUT2D eigenvalue weighted by molar-refractivity contribution is -0.138. The Bertz CT molecular complexity index is 545. The zero-order chi connectivity index (χ0) is 16.8. The Morgan fingerprint density at radius 2 is 1.77 bits per heavy atom. The summed E-state index contributed by atoms with van der Waals surface area (Å²) in [5.41, 5.74) is -1.20. The van der Waals surface area contributed by atoms with Gasteiger partial charge < -0.3 is 10.6 Å². The van der Waals surface area contributed by atoms with Crippen molar-refractivity contribution in [2.75, 3.05) is 11.9 Å². The van der Waals surface area contributed by atoms with Crippen molar-refractivity contribution in [3.8, 4) is 0 Å². The fourth-order valence-corrected chi connectivity index (χ4v) is 1.76. The number of hydrogen-bond donors (Lipinski definition) is 2. The van der Waals surface area contributed by atoms with Crippen molar-refractivity contribution in [1.29, 1.82) is 0 Å². The third-order valence-electron chi connectivity index (χ3n) is 3.38. The van der Waals surface area contributed by atoms with E-state index >= 15 is 0 Å². The van der Waals surface area contributed by atoms with Crippen molar-refractivity contribution >= 4 is 17.5 Å². The Morgan fingerprint density at radius 3 is 2.36 bits per heavy atom. The highest BCUT2D eigenvalue weighted by Gasteiger charge is 2.35. The summed E-state index contributed by atoms with van der Waals surface area (Å²) in [7, 11) is 0. The van der Waals surface area contributed by atoms with Gasteiger partial charge in [-0.25, -0.2) is 8.78 Å². The van der Waals surface area contributed by atoms with Crippen LogP contribution >= 0.6 is 0 Å². The van der Waals surface area contributed by atoms with Gasteiger partial charge in [0.05, 0.1) is 0 Å². The van der Waals surface area contributed by atoms with E-state index in [9.17, 15) is 18.4 Å². The maximum atomic E-state index is 13.1. The Balaban J connectivity index is 2.64. The van der Waals surface area contributed by atoms with Gasteiger partial charge in [-0.1, -0.05) is 19.8 Å². The van der Waals surface area contributed by atoms with Gasteiger partial charge in [0.2, 0.25) is 11.8 Å². The van der Waals surface area contributed by atoms with E-state index in [1.807, 2.05) is 0 Å². The smallest absolute Gasteiger partial charge is 0.239 e. The molecule has 1 aromatic carbocycles. The van der Waals surface area contributed by atoms with Gasteiger partial charge in [0.1, 0.15) is 5.41 Å². The molecule has 0 heterocycles. The quantitative estimate of drug-likeness (QED) is 0.600. The van der Waals surface area contributed by atoms with E-state index in [0.29, 0.717) is 6.54 Å². The molecule has 0 fully saturated rings. The molecule has 0 saturated carbocycles. The van der Waals surface area contributed by atoms with Gasteiger partial charge in [-0.2, -0.15) is 0 Å². The van der Waals surface area contributed by atoms with E-state index in [-0.39, 0.29) is 5.69 Å². The van der Waals surface area contributed by atoms with Crippen LogP contribution < -0.4 is 10.6 Å². The lowest BCUT2D eigenvalue weighted by Gasteiger charge is -2.22. The maximum absolute atomic E-state index is 13.1. The van der Waals surface area contributed by atoms with Crippen molar-refractivity contribution in [2.24, 2.45) is 5.41 Å². The highest BCUT2D eigenvalue weighted by Crippen LogP contribution is 2.20. The number of anilines is 1. The standard InChI is InChI=1S/C16H22F2N2O2/c1-4-5-6-9-19-14(21)16(2,3)15(22)20-11-7-8-12(17)13(18)10-11/h7-8,10H,4-6,9H2,1-3H3,(H,19,21)(H,20,22). The van der Waals surface area contributed by atoms with E-state index < -0.39 is 28.9 Å². The van der Waals surface area contributed by atoms with Crippen LogP contribution in [-0.4, -0.2) is 18.4 Å². The summed E-state index contributed by atoms with van der Waals surface area (Å²) in [6.07, 6.45) is 2.89. The maximum Gasteiger partial charge on any atom is 0.239 e. The van der Waals surface area contributed by atoms with Crippen LogP contribution in [0.25, 0.3) is 0 Å². The van der Waals surface area contributed by atoms with Gasteiger partial charge in [0.15, 0.2) is 11.6 Å². The average molecular weight is 312 g/mol. The SMILES string of the molecule is CCCCCNC(=O)C(C)(C)C(=O)Nc1ccc(F)c(F)c1. The lowest BCUT2D eigenvalue weighted by Crippen LogP contribution is -2.45. The van der Waals surface area contributed by atoms with E-state index in [2.05, 4.69) is 17.6 Å². The molecule has 0 aliphatic carbocycles. The molecule has 1 rings (SSSR count). The molecule has 122 valence electrons. The van der Waals surface area contributed by atoms with Gasteiger partial charge in [-0.15, -0.1) is 0 Å². The topological polar surface area (TPSA) is 58.2 Å². The summed E-state index contributed by atoms with van der Waals surface area (Å²) in [6.45, 7) is 5.53. The van der Waals surface area contributed by atoms with Crippen LogP contribution in [0.5, 0.6) is 0 Å². The molecular formula is C16H22F2N2O2. The third kappa shape index (κ3) is 4.79. The number of benzene rings is 1. The largest absolute Gasteiger partial charge is 0.355 e. The first-order valence-electron chi connectivity index (χ1n) is 7.33. The number of rotatable bonds is 7. The minimum absolute atomic E-state index is 0.107. The predicted molar refractivity (Wildman–Crippen MR) is 81.3 cm³/mol. The van der Waals surface area contributed by atoms with Gasteiger partial charge in [-0.3, -0.25) is 9.59 Å². The second kappa shape index (κ2) is 7.87. The Hall–Kier alpha value is -1.98. The van der Waals surface area contributed by atoms with Crippen molar-refractivity contribution in [3.63, 3.8) is 0 Å². The molecule has 4 nitrogen and oxygen atoms in total. The Kier molecular flexibility index (Phi) is 6.46. The Morgan fingerprint density at radius 1 is 1.09 bits per heavy atom. The average Bonchev–Trinajstić information content (AvgIpc) is 2.47. The molecule has 2 N–H and O–H groups in total. The van der Waals surface area contributed by atoms with E-state index in [4.69, 9.17) is 0 Å². The van der Waals surface area contributed by atoms with Gasteiger partial charge >= 0.3 is 0 Å². The number of unbranched alkanes of at least 4 members (excludes halogenated alkanes) is 2. The first kappa shape index (κ1) is 18.1. The minimum Gasteiger partial charge on any atom is -0.355 e. The zero-order valence-corrected chi connectivity index (χ0v) is 13.1. The highest BCUT2D eigenvalue weighted by atomic mass is 19.2. The van der Waals surface area contributed by atoms with Crippen molar-refractivity contribution < 1.29 is 18.4 Å². The number of carbonyl (C=O) groups is 2. The molecule has 0 atom stereocenters. The molecule has 0 aliphatic heterocycles. The molecule has 6 heteroatoms. The fourth-order valence-electron chi connectivity index (χ4n) is 1.76. The summed E-state index contributed by atoms with van der Waals surface area (Å²) in [6, 6.07) is 3.04. The van der Waals surface area contributed by atoms with E-state index in [1.165, 1.54) is 19.9 Å². The molecule has 0 saturated heterocycles. The van der Waals surface area contributed by atoms with Gasteiger partial charge in [-0.05, 0) is 32.4 Å². The predicted octanol–water partition coefficient (Wildman–Crippen LogP) is 3.24. The van der Waals surface area contributed by atoms with Crippen molar-refractivity contribution in [3.05, 3.63) is 29.8 Å². The molecule has 0 bridgehead atoms. The molecule has 2 amide bonds. The van der Waals surface area contributed by atoms with Gasteiger partial charge in [0.25, 0.3) is 0 Å². The summed E-state index contributed by atoms with van der Waals surface area (Å²) >= 11 is 0. The number of halogens is 2. The summed E-state index contributed by atoms with van der Waals surface area (Å²) < 4.78 is 26.0. The zero-order valence-electron chi connectivity index (χ0n) is 13.1. The minimum atomic E-state index is -1.31. The molecule has 0 aliphatic rings. The summed E-state index contributed by atoms with van der Waals surface area (Å²) in [5, 5.41) is 5.14. The van der Waals surface area contributed by atoms with Crippen LogP contribution in [0.2, 0.25) is 0 Å². The molecule has 0 radical (unpaired) electrons. The highest BCUT2D eigenvalue weighted by molar-refractivity contribution is 6.09. The van der Waals surface area contributed by atoms with Crippen LogP contribution in [0, 0.1) is 17.0 Å². The second-order valence-electron chi connectivity index (χ2n) is 5.67. The van der Waals surface area contributed by atoms with Crippen LogP contribution in [-0.2, 0) is 9.59 Å². The van der Waals surface area contributed by atoms with Crippen LogP contribution in [0.1, 0.15) is 40.0 Å². The lowest BCUT2D eigenvalue weighted by atomic mass is 9.91. The Labute approximate surface area is 129 Å². The van der Waals surface area contributed by atoms with Crippen LogP contribution in [0.4, 0.5) is 14.5 Å². The van der Waals surface area contributed by atoms with Gasteiger partial charge in [0, 0.05) is 18.3 Å². The summed E-state index contributed by atoms with van der Waals surface area (Å²) in [5.74, 6) is -3.03. The number of amides is 2. The first-order valence-corrected chi connectivity index (χ1v) is 7.33. The molecule has 0 spiro atoms. The number of nitrogens with one attached hydrogen (secondary N) is 2. The monoisotopic (exact) mass is 312 g/mol. The number of hydrogen-bond acceptors (Lipinski definition) is 2. The fraction of sp³-hybridized carbons (Fsp3) is 0.500. The van der Waals surface area contributed by atoms with Crippen molar-refractivity contribution in [1.82, 2.24) is 5.32 Å². The molecule has 0 unspecified atom stereocenters.